The van der Waals surface area contributed by atoms with Crippen LogP contribution in [-0.4, -0.2) is 64.2 Å². The Morgan fingerprint density at radius 3 is 2.23 bits per heavy atom. The second-order valence-electron chi connectivity index (χ2n) is 9.76. The highest BCUT2D eigenvalue weighted by Crippen LogP contribution is 2.26. The van der Waals surface area contributed by atoms with Gasteiger partial charge in [0, 0.05) is 18.8 Å². The summed E-state index contributed by atoms with van der Waals surface area (Å²) in [6.07, 6.45) is -0.360. The quantitative estimate of drug-likeness (QED) is 0.165. The van der Waals surface area contributed by atoms with E-state index in [1.807, 2.05) is 25.1 Å². The Bertz CT molecular complexity index is 1460. The van der Waals surface area contributed by atoms with E-state index in [2.05, 4.69) is 16.0 Å². The van der Waals surface area contributed by atoms with Crippen molar-refractivity contribution < 1.29 is 39.2 Å². The van der Waals surface area contributed by atoms with Crippen LogP contribution in [0.15, 0.2) is 60.7 Å². The number of benzene rings is 3. The van der Waals surface area contributed by atoms with Crippen molar-refractivity contribution in [2.24, 2.45) is 0 Å². The van der Waals surface area contributed by atoms with E-state index in [4.69, 9.17) is 9.84 Å². The SMILES string of the molecule is COc1cc(CC(=O)NCC(=O)N(CCC(=O)O)Cc2ccc(CO)c(CO)c2)ccc1NC(=O)Nc1ccccc1C. The van der Waals surface area contributed by atoms with Gasteiger partial charge in [0.15, 0.2) is 0 Å². The van der Waals surface area contributed by atoms with Crippen LogP contribution in [-0.2, 0) is 40.6 Å². The normalized spacial score (nSPS) is 10.5. The second kappa shape index (κ2) is 15.9. The number of carboxylic acid groups (broad SMARTS) is 1. The van der Waals surface area contributed by atoms with E-state index in [0.29, 0.717) is 39.4 Å². The number of aliphatic carboxylic acids is 1. The molecule has 43 heavy (non-hydrogen) atoms. The molecule has 3 aromatic rings. The monoisotopic (exact) mass is 592 g/mol. The average molecular weight is 593 g/mol. The molecule has 0 atom stereocenters. The number of carboxylic acids is 1. The number of amides is 4. The molecular formula is C31H36N4O8. The average Bonchev–Trinajstić information content (AvgIpc) is 2.99. The van der Waals surface area contributed by atoms with Gasteiger partial charge in [0.25, 0.3) is 0 Å². The lowest BCUT2D eigenvalue weighted by molar-refractivity contribution is -0.139. The first-order valence-electron chi connectivity index (χ1n) is 13.5. The minimum absolute atomic E-state index is 0.0593. The largest absolute Gasteiger partial charge is 0.495 e. The van der Waals surface area contributed by atoms with Crippen molar-refractivity contribution in [3.8, 4) is 5.75 Å². The fraction of sp³-hybridized carbons (Fsp3) is 0.290. The third-order valence-electron chi connectivity index (χ3n) is 6.64. The molecule has 3 rings (SSSR count). The summed E-state index contributed by atoms with van der Waals surface area (Å²) in [5.74, 6) is -1.66. The van der Waals surface area contributed by atoms with Crippen molar-refractivity contribution in [3.05, 3.63) is 88.5 Å². The smallest absolute Gasteiger partial charge is 0.323 e. The van der Waals surface area contributed by atoms with Crippen LogP contribution in [0, 0.1) is 6.92 Å². The topological polar surface area (TPSA) is 178 Å². The minimum Gasteiger partial charge on any atom is -0.495 e. The van der Waals surface area contributed by atoms with Crippen molar-refractivity contribution in [1.29, 1.82) is 0 Å². The van der Waals surface area contributed by atoms with Crippen molar-refractivity contribution in [2.45, 2.75) is 39.5 Å². The minimum atomic E-state index is -1.08. The van der Waals surface area contributed by atoms with Crippen molar-refractivity contribution in [3.63, 3.8) is 0 Å². The van der Waals surface area contributed by atoms with Crippen LogP contribution in [0.1, 0.15) is 34.2 Å². The maximum absolute atomic E-state index is 13.0. The van der Waals surface area contributed by atoms with Crippen LogP contribution in [0.5, 0.6) is 5.75 Å². The zero-order valence-electron chi connectivity index (χ0n) is 24.1. The summed E-state index contributed by atoms with van der Waals surface area (Å²) in [5.41, 5.74) is 4.24. The number of aryl methyl sites for hydroxylation is 1. The number of hydrogen-bond donors (Lipinski definition) is 6. The van der Waals surface area contributed by atoms with Crippen LogP contribution in [0.4, 0.5) is 16.2 Å². The number of carbonyl (C=O) groups excluding carboxylic acids is 3. The molecule has 3 aromatic carbocycles. The van der Waals surface area contributed by atoms with E-state index >= 15 is 0 Å². The van der Waals surface area contributed by atoms with Crippen molar-refractivity contribution in [2.75, 3.05) is 30.8 Å². The molecule has 0 saturated heterocycles. The Morgan fingerprint density at radius 2 is 1.56 bits per heavy atom. The van der Waals surface area contributed by atoms with Crippen molar-refractivity contribution >= 4 is 35.2 Å². The molecule has 0 aliphatic rings. The molecule has 0 saturated carbocycles. The highest BCUT2D eigenvalue weighted by molar-refractivity contribution is 6.01. The summed E-state index contributed by atoms with van der Waals surface area (Å²) in [4.78, 5) is 50.6. The first-order chi connectivity index (χ1) is 20.6. The molecule has 12 nitrogen and oxygen atoms in total. The summed E-state index contributed by atoms with van der Waals surface area (Å²) in [6.45, 7) is 0.953. The Hall–Kier alpha value is -4.94. The first-order valence-corrected chi connectivity index (χ1v) is 13.5. The number of methoxy groups -OCH3 is 1. The Morgan fingerprint density at radius 1 is 0.860 bits per heavy atom. The highest BCUT2D eigenvalue weighted by Gasteiger charge is 2.18. The van der Waals surface area contributed by atoms with Crippen LogP contribution in [0.2, 0.25) is 0 Å². The van der Waals surface area contributed by atoms with Crippen LogP contribution >= 0.6 is 0 Å². The summed E-state index contributed by atoms with van der Waals surface area (Å²) >= 11 is 0. The summed E-state index contributed by atoms with van der Waals surface area (Å²) < 4.78 is 5.39. The Kier molecular flexibility index (Phi) is 12.0. The number of para-hydroxylation sites is 1. The highest BCUT2D eigenvalue weighted by atomic mass is 16.5. The van der Waals surface area contributed by atoms with Gasteiger partial charge in [0.05, 0.1) is 45.4 Å². The molecule has 0 aliphatic heterocycles. The maximum Gasteiger partial charge on any atom is 0.323 e. The van der Waals surface area contributed by atoms with Gasteiger partial charge < -0.3 is 40.9 Å². The first kappa shape index (κ1) is 32.6. The number of ether oxygens (including phenoxy) is 1. The number of carbonyl (C=O) groups is 4. The molecule has 0 unspecified atom stereocenters. The molecule has 0 spiro atoms. The predicted molar refractivity (Wildman–Crippen MR) is 159 cm³/mol. The predicted octanol–water partition coefficient (Wildman–Crippen LogP) is 2.79. The lowest BCUT2D eigenvalue weighted by Gasteiger charge is -2.23. The van der Waals surface area contributed by atoms with Crippen LogP contribution in [0.25, 0.3) is 0 Å². The van der Waals surface area contributed by atoms with E-state index in [9.17, 15) is 29.4 Å². The van der Waals surface area contributed by atoms with Gasteiger partial charge in [-0.2, -0.15) is 0 Å². The van der Waals surface area contributed by atoms with Crippen molar-refractivity contribution in [1.82, 2.24) is 10.2 Å². The maximum atomic E-state index is 13.0. The standard InChI is InChI=1S/C31H36N4O8/c1-20-5-3-4-6-25(20)33-31(42)34-26-10-8-21(14-27(26)43-2)15-28(38)32-16-29(39)35(12-11-30(40)41)17-22-7-9-23(18-36)24(13-22)19-37/h3-10,13-14,36-37H,11-12,15-19H2,1-2H3,(H,32,38)(H,40,41)(H2,33,34,42). The van der Waals surface area contributed by atoms with Gasteiger partial charge in [-0.1, -0.05) is 42.5 Å². The van der Waals surface area contributed by atoms with E-state index in [0.717, 1.165) is 5.56 Å². The molecule has 0 bridgehead atoms. The van der Waals surface area contributed by atoms with E-state index < -0.39 is 23.8 Å². The van der Waals surface area contributed by atoms with Gasteiger partial charge in [-0.05, 0) is 52.9 Å². The number of aliphatic hydroxyl groups is 2. The molecule has 0 aromatic heterocycles. The molecule has 4 amide bonds. The van der Waals surface area contributed by atoms with E-state index in [1.165, 1.54) is 12.0 Å². The fourth-order valence-electron chi connectivity index (χ4n) is 4.29. The fourth-order valence-corrected chi connectivity index (χ4v) is 4.29. The van der Waals surface area contributed by atoms with Crippen LogP contribution < -0.4 is 20.7 Å². The number of hydrogen-bond acceptors (Lipinski definition) is 7. The Labute approximate surface area is 249 Å². The van der Waals surface area contributed by atoms with Gasteiger partial charge in [-0.15, -0.1) is 0 Å². The molecule has 0 radical (unpaired) electrons. The third kappa shape index (κ3) is 9.83. The number of anilines is 2. The molecule has 12 heteroatoms. The lowest BCUT2D eigenvalue weighted by Crippen LogP contribution is -2.41. The Balaban J connectivity index is 1.59. The van der Waals surface area contributed by atoms with Gasteiger partial charge >= 0.3 is 12.0 Å². The molecule has 0 aliphatic carbocycles. The summed E-state index contributed by atoms with van der Waals surface area (Å²) in [6, 6.07) is 16.7. The van der Waals surface area contributed by atoms with Gasteiger partial charge in [0.1, 0.15) is 5.75 Å². The summed E-state index contributed by atoms with van der Waals surface area (Å²) in [5, 5.41) is 36.2. The third-order valence-corrected chi connectivity index (χ3v) is 6.64. The molecule has 0 fully saturated rings. The van der Waals surface area contributed by atoms with Gasteiger partial charge in [-0.3, -0.25) is 14.4 Å². The summed E-state index contributed by atoms with van der Waals surface area (Å²) in [7, 11) is 1.44. The van der Waals surface area contributed by atoms with Gasteiger partial charge in [-0.25, -0.2) is 4.79 Å². The lowest BCUT2D eigenvalue weighted by atomic mass is 10.0. The van der Waals surface area contributed by atoms with E-state index in [1.54, 1.807) is 42.5 Å². The molecular weight excluding hydrogens is 556 g/mol. The molecule has 6 N–H and O–H groups in total. The molecule has 0 heterocycles. The number of urea groups is 1. The zero-order valence-corrected chi connectivity index (χ0v) is 24.1. The number of nitrogens with zero attached hydrogens (tertiary/aromatic N) is 1. The van der Waals surface area contributed by atoms with E-state index in [-0.39, 0.29) is 45.7 Å². The van der Waals surface area contributed by atoms with Gasteiger partial charge in [0.2, 0.25) is 11.8 Å². The number of rotatable bonds is 14. The van der Waals surface area contributed by atoms with Crippen LogP contribution in [0.3, 0.4) is 0 Å². The zero-order chi connectivity index (χ0) is 31.4. The number of aliphatic hydroxyl groups excluding tert-OH is 2. The number of nitrogens with one attached hydrogen (secondary N) is 3. The second-order valence-corrected chi connectivity index (χ2v) is 9.76. The molecule has 228 valence electrons.